The minimum absolute atomic E-state index is 0.0986. The monoisotopic (exact) mass is 276 g/mol. The molecule has 4 heteroatoms. The van der Waals surface area contributed by atoms with Crippen molar-refractivity contribution in [3.63, 3.8) is 0 Å². The minimum atomic E-state index is -0.179. The number of hydrogen-bond acceptors (Lipinski definition) is 3. The molecule has 1 aliphatic carbocycles. The highest BCUT2D eigenvalue weighted by atomic mass is 35.5. The molecule has 1 unspecified atom stereocenters. The molecule has 1 saturated carbocycles. The van der Waals surface area contributed by atoms with E-state index in [-0.39, 0.29) is 11.8 Å². The van der Waals surface area contributed by atoms with Gasteiger partial charge in [0.1, 0.15) is 0 Å². The Morgan fingerprint density at radius 3 is 2.63 bits per heavy atom. The number of halogens is 1. The van der Waals surface area contributed by atoms with Crippen LogP contribution < -0.4 is 0 Å². The van der Waals surface area contributed by atoms with Gasteiger partial charge in [-0.1, -0.05) is 11.6 Å². The van der Waals surface area contributed by atoms with E-state index in [4.69, 9.17) is 16.9 Å². The van der Waals surface area contributed by atoms with Crippen LogP contribution in [0, 0.1) is 11.3 Å². The Balaban J connectivity index is 2.08. The summed E-state index contributed by atoms with van der Waals surface area (Å²) in [5.74, 6) is 0.0986. The normalized spacial score (nSPS) is 16.1. The van der Waals surface area contributed by atoms with Gasteiger partial charge >= 0.3 is 0 Å². The summed E-state index contributed by atoms with van der Waals surface area (Å²) in [5, 5.41) is 9.34. The first-order valence-corrected chi connectivity index (χ1v) is 6.93. The summed E-state index contributed by atoms with van der Waals surface area (Å²) in [6, 6.07) is 9.43. The van der Waals surface area contributed by atoms with Crippen LogP contribution in [0.4, 0.5) is 0 Å². The second kappa shape index (κ2) is 6.18. The van der Waals surface area contributed by atoms with Gasteiger partial charge in [0.25, 0.3) is 0 Å². The van der Waals surface area contributed by atoms with Crippen LogP contribution >= 0.6 is 11.6 Å². The molecule has 100 valence electrons. The van der Waals surface area contributed by atoms with Gasteiger partial charge in [-0.15, -0.1) is 0 Å². The molecule has 0 radical (unpaired) electrons. The van der Waals surface area contributed by atoms with Crippen LogP contribution in [0.25, 0.3) is 0 Å². The van der Waals surface area contributed by atoms with E-state index in [0.29, 0.717) is 29.6 Å². The third-order valence-electron chi connectivity index (χ3n) is 3.50. The van der Waals surface area contributed by atoms with Crippen LogP contribution in [-0.2, 0) is 0 Å². The summed E-state index contributed by atoms with van der Waals surface area (Å²) >= 11 is 5.83. The van der Waals surface area contributed by atoms with Gasteiger partial charge in [-0.05, 0) is 44.0 Å². The Kier molecular flexibility index (Phi) is 4.57. The standard InChI is InChI=1S/C15H17ClN2O/c1-11(18(10-2-9-17)14-7-8-14)15(19)12-3-5-13(16)6-4-12/h3-6,11,14H,2,7-8,10H2,1H3. The fraction of sp³-hybridized carbons (Fsp3) is 0.467. The lowest BCUT2D eigenvalue weighted by atomic mass is 10.0. The van der Waals surface area contributed by atoms with E-state index >= 15 is 0 Å². The Morgan fingerprint density at radius 1 is 1.47 bits per heavy atom. The lowest BCUT2D eigenvalue weighted by Crippen LogP contribution is -2.41. The summed E-state index contributed by atoms with van der Waals surface area (Å²) in [7, 11) is 0. The molecule has 0 spiro atoms. The number of hydrogen-bond donors (Lipinski definition) is 0. The number of Topliss-reactive ketones (excluding diaryl/α,β-unsaturated/α-hetero) is 1. The molecule has 1 aromatic rings. The molecule has 2 rings (SSSR count). The molecular weight excluding hydrogens is 260 g/mol. The quantitative estimate of drug-likeness (QED) is 0.749. The molecule has 0 aliphatic heterocycles. The fourth-order valence-electron chi connectivity index (χ4n) is 2.28. The molecule has 1 atom stereocenters. The minimum Gasteiger partial charge on any atom is -0.292 e. The second-order valence-corrected chi connectivity index (χ2v) is 5.36. The molecule has 0 saturated heterocycles. The molecule has 19 heavy (non-hydrogen) atoms. The van der Waals surface area contributed by atoms with E-state index in [2.05, 4.69) is 11.0 Å². The van der Waals surface area contributed by atoms with E-state index in [1.54, 1.807) is 24.3 Å². The van der Waals surface area contributed by atoms with Crippen LogP contribution in [0.3, 0.4) is 0 Å². The molecular formula is C15H17ClN2O. The fourth-order valence-corrected chi connectivity index (χ4v) is 2.41. The van der Waals surface area contributed by atoms with Gasteiger partial charge < -0.3 is 0 Å². The van der Waals surface area contributed by atoms with Gasteiger partial charge in [0.15, 0.2) is 5.78 Å². The number of ketones is 1. The average Bonchev–Trinajstić information content (AvgIpc) is 3.23. The SMILES string of the molecule is CC(C(=O)c1ccc(Cl)cc1)N(CCC#N)C1CC1. The lowest BCUT2D eigenvalue weighted by molar-refractivity contribution is 0.0829. The summed E-state index contributed by atoms with van der Waals surface area (Å²) < 4.78 is 0. The van der Waals surface area contributed by atoms with Crippen LogP contribution in [0.5, 0.6) is 0 Å². The number of nitrogens with zero attached hydrogens (tertiary/aromatic N) is 2. The second-order valence-electron chi connectivity index (χ2n) is 4.92. The highest BCUT2D eigenvalue weighted by Gasteiger charge is 2.34. The number of rotatable bonds is 6. The topological polar surface area (TPSA) is 44.1 Å². The molecule has 1 aliphatic rings. The van der Waals surface area contributed by atoms with Crippen molar-refractivity contribution in [1.29, 1.82) is 5.26 Å². The van der Waals surface area contributed by atoms with Crippen LogP contribution in [-0.4, -0.2) is 29.3 Å². The van der Waals surface area contributed by atoms with Crippen molar-refractivity contribution in [3.05, 3.63) is 34.9 Å². The molecule has 0 heterocycles. The van der Waals surface area contributed by atoms with Crippen molar-refractivity contribution < 1.29 is 4.79 Å². The summed E-state index contributed by atoms with van der Waals surface area (Å²) in [4.78, 5) is 14.6. The van der Waals surface area contributed by atoms with Crippen LogP contribution in [0.1, 0.15) is 36.5 Å². The maximum absolute atomic E-state index is 12.4. The first kappa shape index (κ1) is 14.0. The average molecular weight is 277 g/mol. The van der Waals surface area contributed by atoms with Crippen molar-refractivity contribution >= 4 is 17.4 Å². The largest absolute Gasteiger partial charge is 0.292 e. The highest BCUT2D eigenvalue weighted by Crippen LogP contribution is 2.29. The molecule has 0 aromatic heterocycles. The van der Waals surface area contributed by atoms with Gasteiger partial charge in [-0.25, -0.2) is 0 Å². The van der Waals surface area contributed by atoms with E-state index in [1.165, 1.54) is 0 Å². The summed E-state index contributed by atoms with van der Waals surface area (Å²) in [6.07, 6.45) is 2.72. The van der Waals surface area contributed by atoms with Gasteiger partial charge in [-0.2, -0.15) is 5.26 Å². The smallest absolute Gasteiger partial charge is 0.179 e. The van der Waals surface area contributed by atoms with Gasteiger partial charge in [-0.3, -0.25) is 9.69 Å². The number of carbonyl (C=O) groups is 1. The first-order valence-electron chi connectivity index (χ1n) is 6.56. The Labute approximate surface area is 118 Å². The number of benzene rings is 1. The Morgan fingerprint density at radius 2 is 2.11 bits per heavy atom. The molecule has 3 nitrogen and oxygen atoms in total. The summed E-state index contributed by atoms with van der Waals surface area (Å²) in [6.45, 7) is 2.59. The van der Waals surface area contributed by atoms with Gasteiger partial charge in [0.2, 0.25) is 0 Å². The van der Waals surface area contributed by atoms with Crippen LogP contribution in [0.15, 0.2) is 24.3 Å². The maximum atomic E-state index is 12.4. The Bertz CT molecular complexity index is 488. The number of nitriles is 1. The predicted molar refractivity (Wildman–Crippen MR) is 75.2 cm³/mol. The zero-order chi connectivity index (χ0) is 13.8. The van der Waals surface area contributed by atoms with Crippen molar-refractivity contribution in [3.8, 4) is 6.07 Å². The number of carbonyl (C=O) groups excluding carboxylic acids is 1. The molecule has 0 bridgehead atoms. The zero-order valence-electron chi connectivity index (χ0n) is 11.0. The van der Waals surface area contributed by atoms with Crippen molar-refractivity contribution in [2.45, 2.75) is 38.3 Å². The maximum Gasteiger partial charge on any atom is 0.179 e. The lowest BCUT2D eigenvalue weighted by Gasteiger charge is -2.27. The zero-order valence-corrected chi connectivity index (χ0v) is 11.7. The molecule has 1 fully saturated rings. The van der Waals surface area contributed by atoms with E-state index in [0.717, 1.165) is 12.8 Å². The van der Waals surface area contributed by atoms with Gasteiger partial charge in [0.05, 0.1) is 12.1 Å². The van der Waals surface area contributed by atoms with Crippen molar-refractivity contribution in [1.82, 2.24) is 4.90 Å². The Hall–Kier alpha value is -1.37. The van der Waals surface area contributed by atoms with E-state index in [9.17, 15) is 4.79 Å². The molecule has 1 aromatic carbocycles. The third-order valence-corrected chi connectivity index (χ3v) is 3.76. The van der Waals surface area contributed by atoms with Crippen molar-refractivity contribution in [2.24, 2.45) is 0 Å². The first-order chi connectivity index (χ1) is 9.13. The van der Waals surface area contributed by atoms with E-state index < -0.39 is 0 Å². The highest BCUT2D eigenvalue weighted by molar-refractivity contribution is 6.30. The molecule has 0 N–H and O–H groups in total. The summed E-state index contributed by atoms with van der Waals surface area (Å²) in [5.41, 5.74) is 0.680. The molecule has 0 amide bonds. The van der Waals surface area contributed by atoms with E-state index in [1.807, 2.05) is 6.92 Å². The van der Waals surface area contributed by atoms with Crippen LogP contribution in [0.2, 0.25) is 5.02 Å². The third kappa shape index (κ3) is 3.56. The van der Waals surface area contributed by atoms with Gasteiger partial charge in [0, 0.05) is 29.6 Å². The predicted octanol–water partition coefficient (Wildman–Crippen LogP) is 3.29. The van der Waals surface area contributed by atoms with Crippen molar-refractivity contribution in [2.75, 3.05) is 6.54 Å².